The molecule has 0 saturated carbocycles. The fraction of sp³-hybridized carbons (Fsp3) is 0.333. The summed E-state index contributed by atoms with van der Waals surface area (Å²) in [7, 11) is 0. The molecule has 0 radical (unpaired) electrons. The van der Waals surface area contributed by atoms with Crippen molar-refractivity contribution in [3.05, 3.63) is 48.0 Å². The maximum atomic E-state index is 12.9. The van der Waals surface area contributed by atoms with Crippen molar-refractivity contribution >= 4 is 11.6 Å². The smallest absolute Gasteiger partial charge is 0.335 e. The molecule has 2 heterocycles. The molecule has 1 atom stereocenters. The van der Waals surface area contributed by atoms with Gasteiger partial charge >= 0.3 is 6.18 Å². The second-order valence-electron chi connectivity index (χ2n) is 5.30. The van der Waals surface area contributed by atoms with E-state index in [2.05, 4.69) is 10.3 Å². The van der Waals surface area contributed by atoms with Gasteiger partial charge < -0.3 is 9.88 Å². The molecule has 22 heavy (non-hydrogen) atoms. The van der Waals surface area contributed by atoms with Gasteiger partial charge in [0, 0.05) is 30.8 Å². The van der Waals surface area contributed by atoms with Gasteiger partial charge in [0.05, 0.1) is 17.6 Å². The van der Waals surface area contributed by atoms with Crippen LogP contribution in [0.4, 0.5) is 18.9 Å². The number of carbonyl (C=O) groups is 1. The first-order valence-corrected chi connectivity index (χ1v) is 6.91. The van der Waals surface area contributed by atoms with Crippen molar-refractivity contribution in [1.29, 1.82) is 0 Å². The summed E-state index contributed by atoms with van der Waals surface area (Å²) < 4.78 is 40.8. The van der Waals surface area contributed by atoms with Gasteiger partial charge in [0.15, 0.2) is 0 Å². The third-order valence-electron chi connectivity index (χ3n) is 3.83. The van der Waals surface area contributed by atoms with Crippen LogP contribution in [0.2, 0.25) is 0 Å². The van der Waals surface area contributed by atoms with Crippen LogP contribution in [0.25, 0.3) is 0 Å². The monoisotopic (exact) mass is 309 g/mol. The van der Waals surface area contributed by atoms with Crippen molar-refractivity contribution in [2.45, 2.75) is 25.6 Å². The number of para-hydroxylation sites is 1. The highest BCUT2D eigenvalue weighted by Gasteiger charge is 2.34. The molecule has 1 amide bonds. The molecule has 1 aromatic carbocycles. The number of alkyl halides is 3. The minimum Gasteiger partial charge on any atom is -0.335 e. The highest BCUT2D eigenvalue weighted by atomic mass is 19.4. The van der Waals surface area contributed by atoms with Crippen molar-refractivity contribution in [3.63, 3.8) is 0 Å². The van der Waals surface area contributed by atoms with E-state index in [1.165, 1.54) is 18.2 Å². The molecule has 1 unspecified atom stereocenters. The van der Waals surface area contributed by atoms with E-state index in [0.717, 1.165) is 11.8 Å². The Kier molecular flexibility index (Phi) is 3.64. The Labute approximate surface area is 125 Å². The number of anilines is 1. The number of hydrogen-bond acceptors (Lipinski definition) is 2. The quantitative estimate of drug-likeness (QED) is 0.926. The Morgan fingerprint density at radius 2 is 2.09 bits per heavy atom. The minimum absolute atomic E-state index is 0.195. The fourth-order valence-corrected chi connectivity index (χ4v) is 2.67. The van der Waals surface area contributed by atoms with Crippen LogP contribution in [0, 0.1) is 5.92 Å². The summed E-state index contributed by atoms with van der Waals surface area (Å²) in [6.45, 7) is 0.647. The number of hydrogen-bond donors (Lipinski definition) is 1. The van der Waals surface area contributed by atoms with Crippen molar-refractivity contribution in [2.75, 3.05) is 5.32 Å². The lowest BCUT2D eigenvalue weighted by molar-refractivity contribution is -0.137. The van der Waals surface area contributed by atoms with Crippen LogP contribution in [0.5, 0.6) is 0 Å². The third-order valence-corrected chi connectivity index (χ3v) is 3.83. The van der Waals surface area contributed by atoms with Gasteiger partial charge in [0.2, 0.25) is 5.91 Å². The van der Waals surface area contributed by atoms with Crippen LogP contribution in [0.15, 0.2) is 36.8 Å². The number of nitrogens with zero attached hydrogens (tertiary/aromatic N) is 2. The number of amides is 1. The molecular weight excluding hydrogens is 295 g/mol. The summed E-state index contributed by atoms with van der Waals surface area (Å²) in [5.74, 6) is -0.727. The van der Waals surface area contributed by atoms with Crippen molar-refractivity contribution in [2.24, 2.45) is 5.92 Å². The number of rotatable bonds is 2. The zero-order valence-electron chi connectivity index (χ0n) is 11.6. The Bertz CT molecular complexity index is 693. The molecule has 7 heteroatoms. The highest BCUT2D eigenvalue weighted by Crippen LogP contribution is 2.35. The van der Waals surface area contributed by atoms with E-state index in [9.17, 15) is 18.0 Å². The van der Waals surface area contributed by atoms with Gasteiger partial charge in [-0.15, -0.1) is 0 Å². The average molecular weight is 309 g/mol. The Hall–Kier alpha value is -2.31. The van der Waals surface area contributed by atoms with Gasteiger partial charge in [-0.25, -0.2) is 4.98 Å². The van der Waals surface area contributed by atoms with Gasteiger partial charge in [-0.05, 0) is 18.6 Å². The number of halogens is 3. The van der Waals surface area contributed by atoms with E-state index in [4.69, 9.17) is 0 Å². The maximum Gasteiger partial charge on any atom is 0.418 e. The third kappa shape index (κ3) is 2.84. The number of nitrogens with one attached hydrogen (secondary N) is 1. The Morgan fingerprint density at radius 3 is 2.86 bits per heavy atom. The minimum atomic E-state index is -4.49. The summed E-state index contributed by atoms with van der Waals surface area (Å²) >= 11 is 0. The first-order valence-electron chi connectivity index (χ1n) is 6.91. The van der Waals surface area contributed by atoms with Gasteiger partial charge in [-0.1, -0.05) is 12.1 Å². The van der Waals surface area contributed by atoms with E-state index in [1.807, 2.05) is 4.57 Å². The van der Waals surface area contributed by atoms with Crippen LogP contribution in [0.3, 0.4) is 0 Å². The summed E-state index contributed by atoms with van der Waals surface area (Å²) in [5, 5.41) is 2.42. The summed E-state index contributed by atoms with van der Waals surface area (Å²) in [5.41, 5.74) is -0.0983. The SMILES string of the molecule is O=C(Nc1ccccc1C(F)(F)F)C1CCn2cncc2C1. The van der Waals surface area contributed by atoms with Crippen LogP contribution in [0.1, 0.15) is 17.7 Å². The lowest BCUT2D eigenvalue weighted by atomic mass is 9.95. The van der Waals surface area contributed by atoms with Gasteiger partial charge in [0.25, 0.3) is 0 Å². The van der Waals surface area contributed by atoms with Crippen LogP contribution >= 0.6 is 0 Å². The molecule has 4 nitrogen and oxygen atoms in total. The molecule has 1 N–H and O–H groups in total. The van der Waals surface area contributed by atoms with Gasteiger partial charge in [0.1, 0.15) is 0 Å². The van der Waals surface area contributed by atoms with Crippen molar-refractivity contribution < 1.29 is 18.0 Å². The number of aryl methyl sites for hydroxylation is 1. The number of aromatic nitrogens is 2. The zero-order valence-corrected chi connectivity index (χ0v) is 11.6. The molecular formula is C15H14F3N3O. The average Bonchev–Trinajstić information content (AvgIpc) is 2.94. The van der Waals surface area contributed by atoms with Crippen LogP contribution in [-0.2, 0) is 23.9 Å². The molecule has 1 aromatic heterocycles. The number of carbonyl (C=O) groups excluding carboxylic acids is 1. The topological polar surface area (TPSA) is 46.9 Å². The standard InChI is InChI=1S/C15H14F3N3O/c16-15(17,18)12-3-1-2-4-13(12)20-14(22)10-5-6-21-9-19-8-11(21)7-10/h1-4,8-10H,5-7H2,(H,20,22). The molecule has 2 aromatic rings. The van der Waals surface area contributed by atoms with Crippen molar-refractivity contribution in [3.8, 4) is 0 Å². The van der Waals surface area contributed by atoms with E-state index < -0.39 is 11.7 Å². The van der Waals surface area contributed by atoms with E-state index in [0.29, 0.717) is 19.4 Å². The second-order valence-corrected chi connectivity index (χ2v) is 5.30. The number of benzene rings is 1. The molecule has 116 valence electrons. The van der Waals surface area contributed by atoms with E-state index >= 15 is 0 Å². The largest absolute Gasteiger partial charge is 0.418 e. The van der Waals surface area contributed by atoms with Crippen molar-refractivity contribution in [1.82, 2.24) is 9.55 Å². The van der Waals surface area contributed by atoms with Crippen LogP contribution in [-0.4, -0.2) is 15.5 Å². The summed E-state index contributed by atoms with van der Waals surface area (Å²) in [4.78, 5) is 16.3. The first-order chi connectivity index (χ1) is 10.4. The highest BCUT2D eigenvalue weighted by molar-refractivity contribution is 5.93. The number of fused-ring (bicyclic) bond motifs is 1. The lowest BCUT2D eigenvalue weighted by Crippen LogP contribution is -2.30. The summed E-state index contributed by atoms with van der Waals surface area (Å²) in [6.07, 6.45) is -0.0377. The molecule has 0 bridgehead atoms. The Morgan fingerprint density at radius 1 is 1.32 bits per heavy atom. The molecule has 0 spiro atoms. The van der Waals surface area contributed by atoms with Gasteiger partial charge in [-0.3, -0.25) is 4.79 Å². The van der Waals surface area contributed by atoms with E-state index in [1.54, 1.807) is 12.5 Å². The Balaban J connectivity index is 1.76. The summed E-state index contributed by atoms with van der Waals surface area (Å²) in [6, 6.07) is 5.01. The normalized spacial score (nSPS) is 17.9. The molecule has 3 rings (SSSR count). The second kappa shape index (κ2) is 5.47. The first kappa shape index (κ1) is 14.6. The lowest BCUT2D eigenvalue weighted by Gasteiger charge is -2.23. The molecule has 0 fully saturated rings. The van der Waals surface area contributed by atoms with E-state index in [-0.39, 0.29) is 17.5 Å². The number of imidazole rings is 1. The van der Waals surface area contributed by atoms with Gasteiger partial charge in [-0.2, -0.15) is 13.2 Å². The molecule has 0 aliphatic carbocycles. The van der Waals surface area contributed by atoms with Crippen LogP contribution < -0.4 is 5.32 Å². The predicted molar refractivity (Wildman–Crippen MR) is 74.1 cm³/mol. The molecule has 1 aliphatic rings. The molecule has 0 saturated heterocycles. The zero-order chi connectivity index (χ0) is 15.7. The molecule has 1 aliphatic heterocycles. The fourth-order valence-electron chi connectivity index (χ4n) is 2.67. The predicted octanol–water partition coefficient (Wildman–Crippen LogP) is 3.10. The maximum absolute atomic E-state index is 12.9.